The Kier molecular flexibility index (Phi) is 3.99. The molecule has 1 fully saturated rings. The number of hydrogen-bond donors (Lipinski definition) is 0. The van der Waals surface area contributed by atoms with Crippen molar-refractivity contribution in [1.29, 1.82) is 0 Å². The summed E-state index contributed by atoms with van der Waals surface area (Å²) in [4.78, 5) is 24.1. The molecular weight excluding hydrogens is 312 g/mol. The number of piperidine rings is 1. The number of pyridine rings is 1. The van der Waals surface area contributed by atoms with Gasteiger partial charge in [-0.25, -0.2) is 9.97 Å². The number of amides is 1. The molecule has 1 atom stereocenters. The van der Waals surface area contributed by atoms with E-state index in [9.17, 15) is 4.79 Å². The van der Waals surface area contributed by atoms with E-state index < -0.39 is 0 Å². The van der Waals surface area contributed by atoms with E-state index in [-0.39, 0.29) is 11.8 Å². The summed E-state index contributed by atoms with van der Waals surface area (Å²) in [7, 11) is 2.03. The predicted molar refractivity (Wildman–Crippen MR) is 97.6 cm³/mol. The van der Waals surface area contributed by atoms with Gasteiger partial charge >= 0.3 is 0 Å². The van der Waals surface area contributed by atoms with E-state index in [0.29, 0.717) is 12.2 Å². The van der Waals surface area contributed by atoms with Gasteiger partial charge in [-0.1, -0.05) is 24.3 Å². The van der Waals surface area contributed by atoms with Crippen molar-refractivity contribution in [3.63, 3.8) is 0 Å². The van der Waals surface area contributed by atoms with Crippen LogP contribution in [0.15, 0.2) is 42.6 Å². The van der Waals surface area contributed by atoms with Gasteiger partial charge in [0.1, 0.15) is 11.5 Å². The molecule has 4 rings (SSSR count). The SMILES string of the molecule is Cc1cn(C)c([C@@H]2CCCN(C(=O)c3ccc4ccccc4n3)C2)n1. The third-order valence-electron chi connectivity index (χ3n) is 4.92. The summed E-state index contributed by atoms with van der Waals surface area (Å²) in [5, 5.41) is 1.05. The number of carbonyl (C=O) groups excluding carboxylic acids is 1. The Labute approximate surface area is 147 Å². The molecule has 2 aromatic heterocycles. The van der Waals surface area contributed by atoms with Crippen LogP contribution in [0.3, 0.4) is 0 Å². The monoisotopic (exact) mass is 334 g/mol. The highest BCUT2D eigenvalue weighted by molar-refractivity contribution is 5.95. The number of rotatable bonds is 2. The molecule has 1 saturated heterocycles. The fourth-order valence-corrected chi connectivity index (χ4v) is 3.73. The van der Waals surface area contributed by atoms with Crippen LogP contribution < -0.4 is 0 Å². The van der Waals surface area contributed by atoms with Crippen LogP contribution in [-0.2, 0) is 7.05 Å². The second-order valence-corrected chi connectivity index (χ2v) is 6.83. The van der Waals surface area contributed by atoms with Crippen molar-refractivity contribution in [3.8, 4) is 0 Å². The molecule has 0 unspecified atom stereocenters. The molecule has 128 valence electrons. The third kappa shape index (κ3) is 3.02. The van der Waals surface area contributed by atoms with Crippen LogP contribution in [-0.4, -0.2) is 38.4 Å². The minimum atomic E-state index is 0.0152. The minimum Gasteiger partial charge on any atom is -0.337 e. The Morgan fingerprint density at radius 2 is 2.00 bits per heavy atom. The smallest absolute Gasteiger partial charge is 0.272 e. The highest BCUT2D eigenvalue weighted by atomic mass is 16.2. The molecule has 1 amide bonds. The zero-order valence-electron chi connectivity index (χ0n) is 14.6. The summed E-state index contributed by atoms with van der Waals surface area (Å²) in [6.07, 6.45) is 4.11. The van der Waals surface area contributed by atoms with Gasteiger partial charge in [-0.2, -0.15) is 0 Å². The molecule has 0 aliphatic carbocycles. The highest BCUT2D eigenvalue weighted by Gasteiger charge is 2.28. The third-order valence-corrected chi connectivity index (χ3v) is 4.92. The first kappa shape index (κ1) is 15.8. The average Bonchev–Trinajstić information content (AvgIpc) is 2.99. The molecule has 1 aromatic carbocycles. The Balaban J connectivity index is 1.57. The second kappa shape index (κ2) is 6.31. The first-order chi connectivity index (χ1) is 12.1. The largest absolute Gasteiger partial charge is 0.337 e. The molecule has 3 heterocycles. The summed E-state index contributed by atoms with van der Waals surface area (Å²) >= 11 is 0. The van der Waals surface area contributed by atoms with Gasteiger partial charge in [0.15, 0.2) is 0 Å². The number of likely N-dealkylation sites (tertiary alicyclic amines) is 1. The van der Waals surface area contributed by atoms with E-state index in [2.05, 4.69) is 14.5 Å². The zero-order chi connectivity index (χ0) is 17.4. The van der Waals surface area contributed by atoms with Crippen molar-refractivity contribution in [1.82, 2.24) is 19.4 Å². The van der Waals surface area contributed by atoms with Crippen LogP contribution >= 0.6 is 0 Å². The fraction of sp³-hybridized carbons (Fsp3) is 0.350. The molecule has 0 saturated carbocycles. The van der Waals surface area contributed by atoms with Crippen LogP contribution in [0.4, 0.5) is 0 Å². The number of carbonyl (C=O) groups is 1. The lowest BCUT2D eigenvalue weighted by atomic mass is 9.97. The molecule has 5 nitrogen and oxygen atoms in total. The number of nitrogens with zero attached hydrogens (tertiary/aromatic N) is 4. The second-order valence-electron chi connectivity index (χ2n) is 6.83. The quantitative estimate of drug-likeness (QED) is 0.722. The first-order valence-corrected chi connectivity index (χ1v) is 8.77. The number of para-hydroxylation sites is 1. The van der Waals surface area contributed by atoms with Gasteiger partial charge in [-0.05, 0) is 31.9 Å². The predicted octanol–water partition coefficient (Wildman–Crippen LogP) is 3.30. The molecule has 0 radical (unpaired) electrons. The van der Waals surface area contributed by atoms with Crippen LogP contribution in [0, 0.1) is 6.92 Å². The first-order valence-electron chi connectivity index (χ1n) is 8.77. The highest BCUT2D eigenvalue weighted by Crippen LogP contribution is 2.27. The van der Waals surface area contributed by atoms with E-state index in [1.165, 1.54) is 0 Å². The normalized spacial score (nSPS) is 17.8. The Morgan fingerprint density at radius 1 is 1.16 bits per heavy atom. The Hall–Kier alpha value is -2.69. The lowest BCUT2D eigenvalue weighted by molar-refractivity contribution is 0.0698. The van der Waals surface area contributed by atoms with Crippen LogP contribution in [0.25, 0.3) is 10.9 Å². The molecular formula is C20H22N4O. The lowest BCUT2D eigenvalue weighted by Gasteiger charge is -2.32. The molecule has 0 N–H and O–H groups in total. The number of aryl methyl sites for hydroxylation is 2. The number of benzene rings is 1. The topological polar surface area (TPSA) is 51.0 Å². The van der Waals surface area contributed by atoms with E-state index in [1.807, 2.05) is 61.5 Å². The zero-order valence-corrected chi connectivity index (χ0v) is 14.6. The van der Waals surface area contributed by atoms with Gasteiger partial charge in [-0.15, -0.1) is 0 Å². The van der Waals surface area contributed by atoms with Gasteiger partial charge in [0.25, 0.3) is 5.91 Å². The minimum absolute atomic E-state index is 0.0152. The standard InChI is InChI=1S/C20H22N4O/c1-14-12-23(2)19(21-14)16-7-5-11-24(13-16)20(25)18-10-9-15-6-3-4-8-17(15)22-18/h3-4,6,8-10,12,16H,5,7,11,13H2,1-2H3/t16-/m1/s1. The maximum Gasteiger partial charge on any atom is 0.272 e. The summed E-state index contributed by atoms with van der Waals surface area (Å²) in [5.74, 6) is 1.37. The van der Waals surface area contributed by atoms with Gasteiger partial charge in [-0.3, -0.25) is 4.79 Å². The molecule has 0 bridgehead atoms. The van der Waals surface area contributed by atoms with E-state index in [4.69, 9.17) is 0 Å². The van der Waals surface area contributed by atoms with Crippen molar-refractivity contribution in [2.75, 3.05) is 13.1 Å². The Morgan fingerprint density at radius 3 is 2.80 bits per heavy atom. The van der Waals surface area contributed by atoms with Crippen LogP contribution in [0.1, 0.15) is 40.8 Å². The van der Waals surface area contributed by atoms with E-state index >= 15 is 0 Å². The van der Waals surface area contributed by atoms with E-state index in [1.54, 1.807) is 0 Å². The molecule has 3 aromatic rings. The van der Waals surface area contributed by atoms with Gasteiger partial charge < -0.3 is 9.47 Å². The summed E-state index contributed by atoms with van der Waals surface area (Å²) in [6, 6.07) is 11.7. The van der Waals surface area contributed by atoms with Gasteiger partial charge in [0.2, 0.25) is 0 Å². The molecule has 5 heteroatoms. The molecule has 25 heavy (non-hydrogen) atoms. The summed E-state index contributed by atoms with van der Waals surface area (Å²) in [6.45, 7) is 3.50. The van der Waals surface area contributed by atoms with E-state index in [0.717, 1.165) is 41.8 Å². The van der Waals surface area contributed by atoms with Crippen molar-refractivity contribution >= 4 is 16.8 Å². The molecule has 1 aliphatic rings. The number of aromatic nitrogens is 3. The number of fused-ring (bicyclic) bond motifs is 1. The number of imidazole rings is 1. The van der Waals surface area contributed by atoms with Crippen molar-refractivity contribution < 1.29 is 4.79 Å². The lowest BCUT2D eigenvalue weighted by Crippen LogP contribution is -2.40. The van der Waals surface area contributed by atoms with Crippen LogP contribution in [0.2, 0.25) is 0 Å². The summed E-state index contributed by atoms with van der Waals surface area (Å²) in [5.41, 5.74) is 2.41. The number of hydrogen-bond acceptors (Lipinski definition) is 3. The van der Waals surface area contributed by atoms with Crippen molar-refractivity contribution in [2.24, 2.45) is 7.05 Å². The Bertz CT molecular complexity index is 930. The summed E-state index contributed by atoms with van der Waals surface area (Å²) < 4.78 is 2.09. The molecule has 1 aliphatic heterocycles. The maximum atomic E-state index is 12.9. The van der Waals surface area contributed by atoms with Crippen LogP contribution in [0.5, 0.6) is 0 Å². The maximum absolute atomic E-state index is 12.9. The average molecular weight is 334 g/mol. The van der Waals surface area contributed by atoms with Crippen molar-refractivity contribution in [2.45, 2.75) is 25.7 Å². The van der Waals surface area contributed by atoms with Crippen molar-refractivity contribution in [3.05, 3.63) is 59.8 Å². The van der Waals surface area contributed by atoms with Gasteiger partial charge in [0, 0.05) is 37.6 Å². The van der Waals surface area contributed by atoms with Gasteiger partial charge in [0.05, 0.1) is 11.2 Å². The molecule has 0 spiro atoms. The fourth-order valence-electron chi connectivity index (χ4n) is 3.73.